The number of hydrogen-bond donors (Lipinski definition) is 0. The predicted octanol–water partition coefficient (Wildman–Crippen LogP) is 3.22. The van der Waals surface area contributed by atoms with Gasteiger partial charge in [0.2, 0.25) is 0 Å². The molecule has 4 heteroatoms. The van der Waals surface area contributed by atoms with E-state index in [-0.39, 0.29) is 0 Å². The number of aromatic nitrogens is 4. The van der Waals surface area contributed by atoms with Gasteiger partial charge < -0.3 is 0 Å². The number of aryl methyl sites for hydroxylation is 2. The van der Waals surface area contributed by atoms with Crippen LogP contribution in [0.5, 0.6) is 0 Å². The van der Waals surface area contributed by atoms with E-state index in [4.69, 9.17) is 0 Å². The normalized spacial score (nSPS) is 10.5. The Morgan fingerprint density at radius 1 is 0.650 bits per heavy atom. The molecule has 2 heterocycles. The van der Waals surface area contributed by atoms with Crippen LogP contribution in [-0.4, -0.2) is 19.9 Å². The molecule has 0 bridgehead atoms. The van der Waals surface area contributed by atoms with Gasteiger partial charge in [0.15, 0.2) is 5.82 Å². The smallest absolute Gasteiger partial charge is 0.179 e. The summed E-state index contributed by atoms with van der Waals surface area (Å²) in [7, 11) is 0. The highest BCUT2D eigenvalue weighted by molar-refractivity contribution is 5.63. The van der Waals surface area contributed by atoms with Gasteiger partial charge in [-0.05, 0) is 19.4 Å². The van der Waals surface area contributed by atoms with Crippen molar-refractivity contribution in [3.8, 4) is 22.6 Å². The molecule has 0 saturated carbocycles. The first-order valence-electron chi connectivity index (χ1n) is 6.40. The third kappa shape index (κ3) is 2.54. The molecule has 0 N–H and O–H groups in total. The molecular weight excluding hydrogens is 248 g/mol. The number of benzene rings is 1. The highest BCUT2D eigenvalue weighted by Crippen LogP contribution is 2.19. The summed E-state index contributed by atoms with van der Waals surface area (Å²) in [6, 6.07) is 8.29. The Hall–Kier alpha value is -2.62. The predicted molar refractivity (Wildman–Crippen MR) is 78.0 cm³/mol. The van der Waals surface area contributed by atoms with E-state index in [1.54, 1.807) is 12.4 Å². The molecule has 0 aliphatic rings. The Kier molecular flexibility index (Phi) is 3.21. The molecule has 1 aromatic carbocycles. The SMILES string of the molecule is Cc1ccc(-c2cnc(-c3cnc(C)cn3)nc2)cc1. The minimum atomic E-state index is 0.591. The van der Waals surface area contributed by atoms with Crippen LogP contribution in [0.25, 0.3) is 22.6 Å². The number of nitrogens with zero attached hydrogens (tertiary/aromatic N) is 4. The van der Waals surface area contributed by atoms with Crippen molar-refractivity contribution < 1.29 is 0 Å². The molecule has 0 fully saturated rings. The summed E-state index contributed by atoms with van der Waals surface area (Å²) in [5, 5.41) is 0. The van der Waals surface area contributed by atoms with E-state index in [1.165, 1.54) is 5.56 Å². The topological polar surface area (TPSA) is 51.6 Å². The van der Waals surface area contributed by atoms with Gasteiger partial charge in [0.25, 0.3) is 0 Å². The molecule has 20 heavy (non-hydrogen) atoms. The highest BCUT2D eigenvalue weighted by atomic mass is 14.9. The zero-order valence-electron chi connectivity index (χ0n) is 11.4. The third-order valence-electron chi connectivity index (χ3n) is 3.05. The average Bonchev–Trinajstić information content (AvgIpc) is 2.49. The summed E-state index contributed by atoms with van der Waals surface area (Å²) in [4.78, 5) is 17.2. The monoisotopic (exact) mass is 262 g/mol. The fourth-order valence-corrected chi connectivity index (χ4v) is 1.86. The van der Waals surface area contributed by atoms with Crippen molar-refractivity contribution in [1.82, 2.24) is 19.9 Å². The van der Waals surface area contributed by atoms with Crippen LogP contribution < -0.4 is 0 Å². The molecule has 0 radical (unpaired) electrons. The van der Waals surface area contributed by atoms with E-state index in [0.29, 0.717) is 11.5 Å². The highest BCUT2D eigenvalue weighted by Gasteiger charge is 2.04. The Bertz CT molecular complexity index is 636. The van der Waals surface area contributed by atoms with E-state index in [9.17, 15) is 0 Å². The average molecular weight is 262 g/mol. The van der Waals surface area contributed by atoms with Crippen LogP contribution in [0.1, 0.15) is 11.3 Å². The Labute approximate surface area is 117 Å². The zero-order valence-corrected chi connectivity index (χ0v) is 11.4. The first-order valence-corrected chi connectivity index (χ1v) is 6.40. The summed E-state index contributed by atoms with van der Waals surface area (Å²) >= 11 is 0. The molecule has 0 amide bonds. The van der Waals surface area contributed by atoms with Crippen molar-refractivity contribution in [1.29, 1.82) is 0 Å². The standard InChI is InChI=1S/C16H14N4/c1-11-3-5-13(6-4-11)14-8-19-16(20-9-14)15-10-17-12(2)7-18-15/h3-10H,1-2H3. The minimum absolute atomic E-state index is 0.591. The molecule has 0 spiro atoms. The molecule has 4 nitrogen and oxygen atoms in total. The lowest BCUT2D eigenvalue weighted by Crippen LogP contribution is -1.94. The Balaban J connectivity index is 1.91. The van der Waals surface area contributed by atoms with E-state index < -0.39 is 0 Å². The molecular formula is C16H14N4. The summed E-state index contributed by atoms with van der Waals surface area (Å²) in [6.45, 7) is 3.97. The molecule has 0 atom stereocenters. The van der Waals surface area contributed by atoms with Gasteiger partial charge in [0.05, 0.1) is 11.9 Å². The van der Waals surface area contributed by atoms with E-state index in [1.807, 2.05) is 19.3 Å². The largest absolute Gasteiger partial charge is 0.258 e. The van der Waals surface area contributed by atoms with Crippen LogP contribution in [0.3, 0.4) is 0 Å². The second-order valence-electron chi connectivity index (χ2n) is 4.70. The fourth-order valence-electron chi connectivity index (χ4n) is 1.86. The second kappa shape index (κ2) is 5.17. The van der Waals surface area contributed by atoms with Crippen LogP contribution in [0.2, 0.25) is 0 Å². The van der Waals surface area contributed by atoms with Gasteiger partial charge in [-0.3, -0.25) is 4.98 Å². The molecule has 0 aliphatic heterocycles. The molecule has 3 aromatic rings. The molecule has 98 valence electrons. The van der Waals surface area contributed by atoms with Crippen LogP contribution in [0, 0.1) is 13.8 Å². The minimum Gasteiger partial charge on any atom is -0.258 e. The lowest BCUT2D eigenvalue weighted by molar-refractivity contribution is 1.08. The fraction of sp³-hybridized carbons (Fsp3) is 0.125. The van der Waals surface area contributed by atoms with Crippen LogP contribution >= 0.6 is 0 Å². The van der Waals surface area contributed by atoms with Crippen molar-refractivity contribution in [3.05, 3.63) is 60.3 Å². The number of rotatable bonds is 2. The molecule has 0 aliphatic carbocycles. The van der Waals surface area contributed by atoms with E-state index in [2.05, 4.69) is 51.1 Å². The van der Waals surface area contributed by atoms with Crippen molar-refractivity contribution in [2.75, 3.05) is 0 Å². The van der Waals surface area contributed by atoms with E-state index in [0.717, 1.165) is 16.8 Å². The Morgan fingerprint density at radius 2 is 1.35 bits per heavy atom. The number of hydrogen-bond acceptors (Lipinski definition) is 4. The molecule has 2 aromatic heterocycles. The van der Waals surface area contributed by atoms with Crippen LogP contribution in [-0.2, 0) is 0 Å². The maximum Gasteiger partial charge on any atom is 0.179 e. The lowest BCUT2D eigenvalue weighted by atomic mass is 10.1. The van der Waals surface area contributed by atoms with Gasteiger partial charge in [-0.2, -0.15) is 0 Å². The van der Waals surface area contributed by atoms with Crippen molar-refractivity contribution in [2.24, 2.45) is 0 Å². The third-order valence-corrected chi connectivity index (χ3v) is 3.05. The lowest BCUT2D eigenvalue weighted by Gasteiger charge is -2.03. The van der Waals surface area contributed by atoms with Crippen LogP contribution in [0.4, 0.5) is 0 Å². The van der Waals surface area contributed by atoms with Gasteiger partial charge >= 0.3 is 0 Å². The quantitative estimate of drug-likeness (QED) is 0.711. The van der Waals surface area contributed by atoms with E-state index >= 15 is 0 Å². The molecule has 0 saturated heterocycles. The zero-order chi connectivity index (χ0) is 13.9. The van der Waals surface area contributed by atoms with Crippen LogP contribution in [0.15, 0.2) is 49.1 Å². The van der Waals surface area contributed by atoms with Crippen molar-refractivity contribution >= 4 is 0 Å². The summed E-state index contributed by atoms with van der Waals surface area (Å²) < 4.78 is 0. The summed E-state index contributed by atoms with van der Waals surface area (Å²) in [5.41, 5.74) is 4.91. The van der Waals surface area contributed by atoms with Gasteiger partial charge in [-0.15, -0.1) is 0 Å². The molecule has 3 rings (SSSR count). The summed E-state index contributed by atoms with van der Waals surface area (Å²) in [5.74, 6) is 0.591. The maximum atomic E-state index is 4.36. The summed E-state index contributed by atoms with van der Waals surface area (Å²) in [6.07, 6.45) is 7.03. The maximum absolute atomic E-state index is 4.36. The first-order chi connectivity index (χ1) is 9.72. The molecule has 0 unspecified atom stereocenters. The van der Waals surface area contributed by atoms with Gasteiger partial charge in [0, 0.05) is 24.2 Å². The van der Waals surface area contributed by atoms with Gasteiger partial charge in [-0.25, -0.2) is 15.0 Å². The van der Waals surface area contributed by atoms with Crippen molar-refractivity contribution in [2.45, 2.75) is 13.8 Å². The first kappa shape index (κ1) is 12.4. The second-order valence-corrected chi connectivity index (χ2v) is 4.70. The van der Waals surface area contributed by atoms with Crippen molar-refractivity contribution in [3.63, 3.8) is 0 Å². The Morgan fingerprint density at radius 3 is 1.95 bits per heavy atom. The van der Waals surface area contributed by atoms with Gasteiger partial charge in [-0.1, -0.05) is 29.8 Å². The van der Waals surface area contributed by atoms with Gasteiger partial charge in [0.1, 0.15) is 5.69 Å².